The first-order chi connectivity index (χ1) is 7.62. The molecule has 16 heavy (non-hydrogen) atoms. The van der Waals surface area contributed by atoms with E-state index in [0.717, 1.165) is 18.8 Å². The summed E-state index contributed by atoms with van der Waals surface area (Å²) < 4.78 is 0. The van der Waals surface area contributed by atoms with E-state index in [1.54, 1.807) is 18.6 Å². The van der Waals surface area contributed by atoms with Crippen LogP contribution in [-0.4, -0.2) is 33.5 Å². The summed E-state index contributed by atoms with van der Waals surface area (Å²) >= 11 is 0. The smallest absolute Gasteiger partial charge is 0.0772 e. The van der Waals surface area contributed by atoms with E-state index in [4.69, 9.17) is 5.73 Å². The minimum absolute atomic E-state index is 0.0491. The fourth-order valence-corrected chi connectivity index (χ4v) is 2.32. The van der Waals surface area contributed by atoms with Crippen LogP contribution in [0, 0.1) is 0 Å². The highest BCUT2D eigenvalue weighted by Gasteiger charge is 2.36. The molecule has 2 rings (SSSR count). The zero-order valence-corrected chi connectivity index (χ0v) is 10.1. The molecule has 4 nitrogen and oxygen atoms in total. The van der Waals surface area contributed by atoms with Crippen molar-refractivity contribution in [2.24, 2.45) is 5.73 Å². The van der Waals surface area contributed by atoms with E-state index in [0.29, 0.717) is 0 Å². The van der Waals surface area contributed by atoms with Gasteiger partial charge in [0.25, 0.3) is 0 Å². The predicted molar refractivity (Wildman–Crippen MR) is 63.8 cm³/mol. The van der Waals surface area contributed by atoms with Crippen LogP contribution in [0.5, 0.6) is 0 Å². The fourth-order valence-electron chi connectivity index (χ4n) is 2.32. The number of aromatic nitrogens is 2. The number of hydrogen-bond acceptors (Lipinski definition) is 4. The maximum atomic E-state index is 6.31. The summed E-state index contributed by atoms with van der Waals surface area (Å²) in [6.07, 6.45) is 7.70. The number of nitrogens with zero attached hydrogens (tertiary/aromatic N) is 3. The molecule has 1 aliphatic rings. The van der Waals surface area contributed by atoms with Gasteiger partial charge < -0.3 is 5.73 Å². The molecule has 2 N–H and O–H groups in total. The molecule has 1 saturated heterocycles. The molecule has 0 aliphatic carbocycles. The van der Waals surface area contributed by atoms with Crippen LogP contribution in [0.25, 0.3) is 0 Å². The van der Waals surface area contributed by atoms with E-state index in [1.165, 1.54) is 12.8 Å². The van der Waals surface area contributed by atoms with E-state index in [2.05, 4.69) is 28.7 Å². The lowest BCUT2D eigenvalue weighted by Gasteiger charge is -2.39. The average Bonchev–Trinajstić information content (AvgIpc) is 2.83. The molecule has 1 fully saturated rings. The molecule has 4 heteroatoms. The van der Waals surface area contributed by atoms with E-state index in [9.17, 15) is 0 Å². The third-order valence-electron chi connectivity index (χ3n) is 3.58. The Labute approximate surface area is 96.9 Å². The lowest BCUT2D eigenvalue weighted by Crippen LogP contribution is -2.50. The summed E-state index contributed by atoms with van der Waals surface area (Å²) in [5.41, 5.74) is 7.13. The summed E-state index contributed by atoms with van der Waals surface area (Å²) in [7, 11) is 0. The van der Waals surface area contributed by atoms with Gasteiger partial charge in [-0.05, 0) is 39.8 Å². The molecule has 0 bridgehead atoms. The zero-order chi connectivity index (χ0) is 11.6. The number of nitrogens with two attached hydrogens (primary N) is 1. The average molecular weight is 220 g/mol. The molecule has 1 aromatic rings. The third kappa shape index (κ3) is 2.08. The number of likely N-dealkylation sites (tertiary alicyclic amines) is 1. The van der Waals surface area contributed by atoms with Crippen molar-refractivity contribution in [1.29, 1.82) is 0 Å². The zero-order valence-electron chi connectivity index (χ0n) is 10.1. The number of rotatable bonds is 3. The van der Waals surface area contributed by atoms with Crippen LogP contribution in [0.2, 0.25) is 0 Å². The monoisotopic (exact) mass is 220 g/mol. The molecule has 1 aromatic heterocycles. The van der Waals surface area contributed by atoms with Gasteiger partial charge in [-0.1, -0.05) is 0 Å². The second-order valence-electron chi connectivity index (χ2n) is 4.96. The van der Waals surface area contributed by atoms with Crippen molar-refractivity contribution in [2.45, 2.75) is 38.3 Å². The molecular weight excluding hydrogens is 200 g/mol. The van der Waals surface area contributed by atoms with Crippen LogP contribution in [-0.2, 0) is 0 Å². The highest BCUT2D eigenvalue weighted by atomic mass is 15.2. The molecule has 2 heterocycles. The lowest BCUT2D eigenvalue weighted by molar-refractivity contribution is 0.122. The molecular formula is C12H20N4. The van der Waals surface area contributed by atoms with Crippen LogP contribution in [0.1, 0.15) is 38.4 Å². The van der Waals surface area contributed by atoms with Gasteiger partial charge in [-0.25, -0.2) is 0 Å². The molecule has 0 spiro atoms. The maximum Gasteiger partial charge on any atom is 0.0772 e. The first-order valence-electron chi connectivity index (χ1n) is 5.89. The second-order valence-corrected chi connectivity index (χ2v) is 4.96. The van der Waals surface area contributed by atoms with E-state index < -0.39 is 0 Å². The quantitative estimate of drug-likeness (QED) is 0.835. The Hall–Kier alpha value is -1.00. The molecule has 0 saturated carbocycles. The molecule has 0 radical (unpaired) electrons. The lowest BCUT2D eigenvalue weighted by atomic mass is 9.91. The van der Waals surface area contributed by atoms with Gasteiger partial charge >= 0.3 is 0 Å². The molecule has 0 amide bonds. The normalized spacial score (nSPS) is 19.9. The van der Waals surface area contributed by atoms with Crippen molar-refractivity contribution in [3.63, 3.8) is 0 Å². The van der Waals surface area contributed by atoms with Gasteiger partial charge in [0.2, 0.25) is 0 Å². The van der Waals surface area contributed by atoms with E-state index in [-0.39, 0.29) is 11.6 Å². The SMILES string of the molecule is CC(C)(C(N)c1cnccn1)N1CCCC1. The molecule has 1 atom stereocenters. The van der Waals surface area contributed by atoms with Crippen LogP contribution in [0.3, 0.4) is 0 Å². The third-order valence-corrected chi connectivity index (χ3v) is 3.58. The Morgan fingerprint density at radius 3 is 2.56 bits per heavy atom. The van der Waals surface area contributed by atoms with Gasteiger partial charge in [-0.2, -0.15) is 0 Å². The fraction of sp³-hybridized carbons (Fsp3) is 0.667. The van der Waals surface area contributed by atoms with Crippen LogP contribution in [0.4, 0.5) is 0 Å². The molecule has 1 unspecified atom stereocenters. The summed E-state index contributed by atoms with van der Waals surface area (Å²) in [5, 5.41) is 0. The van der Waals surface area contributed by atoms with Crippen molar-refractivity contribution in [3.8, 4) is 0 Å². The van der Waals surface area contributed by atoms with Crippen molar-refractivity contribution in [3.05, 3.63) is 24.3 Å². The van der Waals surface area contributed by atoms with Crippen molar-refractivity contribution >= 4 is 0 Å². The Bertz CT molecular complexity index is 330. The maximum absolute atomic E-state index is 6.31. The Balaban J connectivity index is 2.16. The van der Waals surface area contributed by atoms with Crippen LogP contribution >= 0.6 is 0 Å². The topological polar surface area (TPSA) is 55.0 Å². The first kappa shape index (κ1) is 11.5. The molecule has 88 valence electrons. The summed E-state index contributed by atoms with van der Waals surface area (Å²) in [6.45, 7) is 6.66. The van der Waals surface area contributed by atoms with Gasteiger partial charge in [0.05, 0.1) is 17.9 Å². The Morgan fingerprint density at radius 1 is 1.31 bits per heavy atom. The molecule has 1 aliphatic heterocycles. The second kappa shape index (κ2) is 4.47. The van der Waals surface area contributed by atoms with Gasteiger partial charge in [0.1, 0.15) is 0 Å². The van der Waals surface area contributed by atoms with E-state index >= 15 is 0 Å². The summed E-state index contributed by atoms with van der Waals surface area (Å²) in [5.74, 6) is 0. The van der Waals surface area contributed by atoms with Crippen molar-refractivity contribution < 1.29 is 0 Å². The summed E-state index contributed by atoms with van der Waals surface area (Å²) in [4.78, 5) is 10.8. The minimum Gasteiger partial charge on any atom is -0.321 e. The first-order valence-corrected chi connectivity index (χ1v) is 5.89. The highest BCUT2D eigenvalue weighted by Crippen LogP contribution is 2.30. The number of hydrogen-bond donors (Lipinski definition) is 1. The van der Waals surface area contributed by atoms with Crippen LogP contribution in [0.15, 0.2) is 18.6 Å². The highest BCUT2D eigenvalue weighted by molar-refractivity contribution is 5.09. The summed E-state index contributed by atoms with van der Waals surface area (Å²) in [6, 6.07) is -0.0840. The Kier molecular flexibility index (Phi) is 3.21. The Morgan fingerprint density at radius 2 is 2.00 bits per heavy atom. The predicted octanol–water partition coefficient (Wildman–Crippen LogP) is 1.35. The largest absolute Gasteiger partial charge is 0.321 e. The van der Waals surface area contributed by atoms with E-state index in [1.807, 2.05) is 0 Å². The van der Waals surface area contributed by atoms with Gasteiger partial charge in [0.15, 0.2) is 0 Å². The molecule has 0 aromatic carbocycles. The van der Waals surface area contributed by atoms with Crippen LogP contribution < -0.4 is 5.73 Å². The van der Waals surface area contributed by atoms with Crippen molar-refractivity contribution in [2.75, 3.05) is 13.1 Å². The van der Waals surface area contributed by atoms with Gasteiger partial charge in [0, 0.05) is 17.9 Å². The van der Waals surface area contributed by atoms with Gasteiger partial charge in [-0.3, -0.25) is 14.9 Å². The van der Waals surface area contributed by atoms with Gasteiger partial charge in [-0.15, -0.1) is 0 Å². The minimum atomic E-state index is -0.0840. The van der Waals surface area contributed by atoms with Crippen molar-refractivity contribution in [1.82, 2.24) is 14.9 Å². The standard InChI is InChI=1S/C12H20N4/c1-12(2,16-7-3-4-8-16)11(13)10-9-14-5-6-15-10/h5-6,9,11H,3-4,7-8,13H2,1-2H3.